The van der Waals surface area contributed by atoms with Crippen molar-refractivity contribution < 1.29 is 14.7 Å². The van der Waals surface area contributed by atoms with Crippen molar-refractivity contribution >= 4 is 11.9 Å². The van der Waals surface area contributed by atoms with Crippen molar-refractivity contribution in [2.24, 2.45) is 11.3 Å². The van der Waals surface area contributed by atoms with Gasteiger partial charge in [0.15, 0.2) is 0 Å². The number of hydrogen-bond donors (Lipinski definition) is 1. The molecule has 1 rings (SSSR count). The van der Waals surface area contributed by atoms with E-state index in [0.717, 1.165) is 6.42 Å². The van der Waals surface area contributed by atoms with Gasteiger partial charge in [-0.3, -0.25) is 9.59 Å². The Kier molecular flexibility index (Phi) is 5.17. The SMILES string of the molecule is CN(CCC(=O)O)C(=O)CC1CCCCC1(C)C. The number of carboxylic acid groups (broad SMARTS) is 1. The second-order valence-corrected chi connectivity index (χ2v) is 6.09. The summed E-state index contributed by atoms with van der Waals surface area (Å²) in [5, 5.41) is 8.61. The number of amides is 1. The van der Waals surface area contributed by atoms with E-state index in [1.807, 2.05) is 0 Å². The van der Waals surface area contributed by atoms with Crippen LogP contribution >= 0.6 is 0 Å². The Morgan fingerprint density at radius 1 is 1.33 bits per heavy atom. The Morgan fingerprint density at radius 2 is 2.00 bits per heavy atom. The van der Waals surface area contributed by atoms with Gasteiger partial charge in [-0.05, 0) is 24.2 Å². The maximum absolute atomic E-state index is 12.0. The summed E-state index contributed by atoms with van der Waals surface area (Å²) in [7, 11) is 1.70. The van der Waals surface area contributed by atoms with Crippen LogP contribution in [0.25, 0.3) is 0 Å². The van der Waals surface area contributed by atoms with Gasteiger partial charge < -0.3 is 10.0 Å². The van der Waals surface area contributed by atoms with Crippen LogP contribution in [0.4, 0.5) is 0 Å². The van der Waals surface area contributed by atoms with Crippen LogP contribution in [0.2, 0.25) is 0 Å². The van der Waals surface area contributed by atoms with Crippen molar-refractivity contribution in [2.45, 2.75) is 52.4 Å². The van der Waals surface area contributed by atoms with E-state index in [0.29, 0.717) is 18.9 Å². The van der Waals surface area contributed by atoms with E-state index in [9.17, 15) is 9.59 Å². The molecule has 0 aromatic rings. The first-order chi connectivity index (χ1) is 8.33. The number of aliphatic carboxylic acids is 1. The van der Waals surface area contributed by atoms with E-state index in [1.54, 1.807) is 11.9 Å². The fourth-order valence-corrected chi connectivity index (χ4v) is 2.70. The first-order valence-electron chi connectivity index (χ1n) is 6.78. The lowest BCUT2D eigenvalue weighted by atomic mass is 9.67. The molecule has 0 bridgehead atoms. The molecule has 1 unspecified atom stereocenters. The van der Waals surface area contributed by atoms with Gasteiger partial charge in [-0.15, -0.1) is 0 Å². The van der Waals surface area contributed by atoms with Gasteiger partial charge in [-0.1, -0.05) is 26.7 Å². The molecule has 0 aliphatic heterocycles. The summed E-state index contributed by atoms with van der Waals surface area (Å²) in [5.41, 5.74) is 0.238. The van der Waals surface area contributed by atoms with Gasteiger partial charge in [0.2, 0.25) is 5.91 Å². The molecule has 1 saturated carbocycles. The summed E-state index contributed by atoms with van der Waals surface area (Å²) in [5.74, 6) is -0.338. The summed E-state index contributed by atoms with van der Waals surface area (Å²) in [4.78, 5) is 24.1. The third-order valence-corrected chi connectivity index (χ3v) is 4.24. The predicted molar refractivity (Wildman–Crippen MR) is 70.2 cm³/mol. The highest BCUT2D eigenvalue weighted by Gasteiger charge is 2.33. The molecule has 1 fully saturated rings. The highest BCUT2D eigenvalue weighted by Crippen LogP contribution is 2.42. The molecule has 1 aliphatic rings. The van der Waals surface area contributed by atoms with Crippen molar-refractivity contribution in [2.75, 3.05) is 13.6 Å². The largest absolute Gasteiger partial charge is 0.481 e. The topological polar surface area (TPSA) is 57.6 Å². The number of nitrogens with zero attached hydrogens (tertiary/aromatic N) is 1. The number of hydrogen-bond acceptors (Lipinski definition) is 2. The quantitative estimate of drug-likeness (QED) is 0.821. The summed E-state index contributed by atoms with van der Waals surface area (Å²) in [6.45, 7) is 4.78. The van der Waals surface area contributed by atoms with Crippen LogP contribution in [0.1, 0.15) is 52.4 Å². The minimum Gasteiger partial charge on any atom is -0.481 e. The molecule has 1 aliphatic carbocycles. The summed E-state index contributed by atoms with van der Waals surface area (Å²) in [6, 6.07) is 0. The molecule has 0 aromatic carbocycles. The van der Waals surface area contributed by atoms with Crippen LogP contribution in [0.5, 0.6) is 0 Å². The number of rotatable bonds is 5. The van der Waals surface area contributed by atoms with E-state index in [2.05, 4.69) is 13.8 Å². The van der Waals surface area contributed by atoms with Crippen molar-refractivity contribution in [1.82, 2.24) is 4.90 Å². The lowest BCUT2D eigenvalue weighted by Gasteiger charge is -2.39. The zero-order valence-electron chi connectivity index (χ0n) is 11.7. The minimum atomic E-state index is -0.854. The standard InChI is InChI=1S/C14H25NO3/c1-14(2)8-5-4-6-11(14)10-12(16)15(3)9-7-13(17)18/h11H,4-10H2,1-3H3,(H,17,18). The summed E-state index contributed by atoms with van der Waals surface area (Å²) in [6.07, 6.45) is 5.35. The smallest absolute Gasteiger partial charge is 0.305 e. The Labute approximate surface area is 109 Å². The van der Waals surface area contributed by atoms with Crippen LogP contribution < -0.4 is 0 Å². The fraction of sp³-hybridized carbons (Fsp3) is 0.857. The number of carbonyl (C=O) groups is 2. The van der Waals surface area contributed by atoms with Crippen molar-refractivity contribution in [3.63, 3.8) is 0 Å². The van der Waals surface area contributed by atoms with Gasteiger partial charge in [0.05, 0.1) is 6.42 Å². The van der Waals surface area contributed by atoms with Crippen LogP contribution in [-0.2, 0) is 9.59 Å². The first kappa shape index (κ1) is 15.0. The van der Waals surface area contributed by atoms with Gasteiger partial charge in [0.1, 0.15) is 0 Å². The van der Waals surface area contributed by atoms with Gasteiger partial charge in [-0.25, -0.2) is 0 Å². The third-order valence-electron chi connectivity index (χ3n) is 4.24. The summed E-state index contributed by atoms with van der Waals surface area (Å²) < 4.78 is 0. The fourth-order valence-electron chi connectivity index (χ4n) is 2.70. The summed E-state index contributed by atoms with van der Waals surface area (Å²) >= 11 is 0. The van der Waals surface area contributed by atoms with E-state index in [-0.39, 0.29) is 17.7 Å². The molecule has 1 amide bonds. The molecule has 4 nitrogen and oxygen atoms in total. The minimum absolute atomic E-state index is 0.0241. The maximum atomic E-state index is 12.0. The van der Waals surface area contributed by atoms with E-state index >= 15 is 0 Å². The maximum Gasteiger partial charge on any atom is 0.305 e. The molecular weight excluding hydrogens is 230 g/mol. The highest BCUT2D eigenvalue weighted by atomic mass is 16.4. The van der Waals surface area contributed by atoms with Gasteiger partial charge in [0, 0.05) is 20.0 Å². The number of carboxylic acids is 1. The normalized spacial score (nSPS) is 22.5. The molecule has 1 N–H and O–H groups in total. The van der Waals surface area contributed by atoms with Crippen molar-refractivity contribution in [1.29, 1.82) is 0 Å². The Morgan fingerprint density at radius 3 is 2.56 bits per heavy atom. The number of carbonyl (C=O) groups excluding carboxylic acids is 1. The van der Waals surface area contributed by atoms with E-state index in [1.165, 1.54) is 19.3 Å². The van der Waals surface area contributed by atoms with Crippen molar-refractivity contribution in [3.05, 3.63) is 0 Å². The lowest BCUT2D eigenvalue weighted by molar-refractivity contribution is -0.138. The van der Waals surface area contributed by atoms with E-state index in [4.69, 9.17) is 5.11 Å². The molecule has 104 valence electrons. The van der Waals surface area contributed by atoms with Crippen LogP contribution in [0.15, 0.2) is 0 Å². The van der Waals surface area contributed by atoms with Gasteiger partial charge in [0.25, 0.3) is 0 Å². The average molecular weight is 255 g/mol. The zero-order valence-corrected chi connectivity index (χ0v) is 11.7. The Hall–Kier alpha value is -1.06. The molecule has 4 heteroatoms. The second-order valence-electron chi connectivity index (χ2n) is 6.09. The van der Waals surface area contributed by atoms with Gasteiger partial charge >= 0.3 is 5.97 Å². The van der Waals surface area contributed by atoms with Gasteiger partial charge in [-0.2, -0.15) is 0 Å². The Bertz CT molecular complexity index is 312. The lowest BCUT2D eigenvalue weighted by Crippen LogP contribution is -2.35. The molecule has 0 heterocycles. The van der Waals surface area contributed by atoms with Crippen molar-refractivity contribution in [3.8, 4) is 0 Å². The Balaban J connectivity index is 2.45. The van der Waals surface area contributed by atoms with Crippen LogP contribution in [0, 0.1) is 11.3 Å². The molecule has 0 aromatic heterocycles. The van der Waals surface area contributed by atoms with Crippen LogP contribution in [0.3, 0.4) is 0 Å². The molecule has 0 spiro atoms. The first-order valence-corrected chi connectivity index (χ1v) is 6.78. The monoisotopic (exact) mass is 255 g/mol. The average Bonchev–Trinajstić information content (AvgIpc) is 2.28. The zero-order chi connectivity index (χ0) is 13.8. The molecule has 1 atom stereocenters. The molecule has 0 saturated heterocycles. The van der Waals surface area contributed by atoms with E-state index < -0.39 is 5.97 Å². The molecule has 0 radical (unpaired) electrons. The highest BCUT2D eigenvalue weighted by molar-refractivity contribution is 5.77. The molecular formula is C14H25NO3. The molecule has 18 heavy (non-hydrogen) atoms. The third kappa shape index (κ3) is 4.31. The van der Waals surface area contributed by atoms with Crippen LogP contribution in [-0.4, -0.2) is 35.5 Å². The predicted octanol–water partition coefficient (Wildman–Crippen LogP) is 2.53. The second kappa shape index (κ2) is 6.21.